The number of aryl methyl sites for hydroxylation is 1. The second-order valence-corrected chi connectivity index (χ2v) is 7.51. The van der Waals surface area contributed by atoms with Gasteiger partial charge in [-0.1, -0.05) is 0 Å². The smallest absolute Gasteiger partial charge is 0.317 e. The van der Waals surface area contributed by atoms with Gasteiger partial charge in [0.15, 0.2) is 11.6 Å². The maximum absolute atomic E-state index is 14.4. The number of methoxy groups -OCH3 is 1. The van der Waals surface area contributed by atoms with Crippen LogP contribution in [0.2, 0.25) is 0 Å². The summed E-state index contributed by atoms with van der Waals surface area (Å²) in [4.78, 5) is 26.9. The summed E-state index contributed by atoms with van der Waals surface area (Å²) in [5.41, 5.74) is -0.370. The molecule has 0 spiro atoms. The molecule has 4 rings (SSSR count). The summed E-state index contributed by atoms with van der Waals surface area (Å²) < 4.78 is 36.8. The Morgan fingerprint density at radius 3 is 2.26 bits per heavy atom. The quantitative estimate of drug-likeness (QED) is 0.602. The van der Waals surface area contributed by atoms with Crippen molar-refractivity contribution in [2.45, 2.75) is 18.9 Å². The largest absolute Gasteiger partial charge is 0.497 e. The minimum atomic E-state index is -0.793. The number of nitriles is 1. The Kier molecular flexibility index (Phi) is 5.23. The Labute approximate surface area is 176 Å². The predicted octanol–water partition coefficient (Wildman–Crippen LogP) is 2.70. The van der Waals surface area contributed by atoms with Crippen LogP contribution in [0.4, 0.5) is 14.5 Å². The molecule has 0 aliphatic carbocycles. The lowest BCUT2D eigenvalue weighted by atomic mass is 10.0. The molecule has 0 unspecified atom stereocenters. The predicted molar refractivity (Wildman–Crippen MR) is 112 cm³/mol. The van der Waals surface area contributed by atoms with Crippen LogP contribution in [0.5, 0.6) is 5.75 Å². The Morgan fingerprint density at radius 1 is 1.03 bits per heavy atom. The minimum Gasteiger partial charge on any atom is -0.497 e. The fraction of sp³-hybridized carbons (Fsp3) is 0.318. The van der Waals surface area contributed by atoms with E-state index in [9.17, 15) is 18.4 Å². The third-order valence-electron chi connectivity index (χ3n) is 5.80. The first-order chi connectivity index (χ1) is 14.8. The van der Waals surface area contributed by atoms with Gasteiger partial charge in [0.1, 0.15) is 11.4 Å². The Morgan fingerprint density at radius 2 is 1.68 bits per heavy atom. The fourth-order valence-corrected chi connectivity index (χ4v) is 4.21. The molecule has 0 amide bonds. The highest BCUT2D eigenvalue weighted by Gasteiger charge is 2.27. The van der Waals surface area contributed by atoms with Gasteiger partial charge in [0.2, 0.25) is 0 Å². The van der Waals surface area contributed by atoms with Crippen molar-refractivity contribution in [2.24, 2.45) is 7.05 Å². The van der Waals surface area contributed by atoms with Crippen molar-refractivity contribution < 1.29 is 13.5 Å². The number of piperidine rings is 1. The summed E-state index contributed by atoms with van der Waals surface area (Å²) in [6, 6.07) is 8.62. The van der Waals surface area contributed by atoms with Gasteiger partial charge < -0.3 is 14.2 Å². The number of halogens is 2. The number of anilines is 1. The normalized spacial score (nSPS) is 14.6. The highest BCUT2D eigenvalue weighted by atomic mass is 19.1. The second-order valence-electron chi connectivity index (χ2n) is 7.51. The van der Waals surface area contributed by atoms with E-state index < -0.39 is 22.8 Å². The SMILES string of the molecule is COc1ccc2c(c1)n(C)c(=O)c(=O)n2C1CCN(c2c(F)cc(C#N)cc2F)CC1. The van der Waals surface area contributed by atoms with Gasteiger partial charge in [0.05, 0.1) is 29.8 Å². The molecule has 1 fully saturated rings. The standard InChI is InChI=1S/C22H20F2N4O3/c1-26-19-11-15(31-2)3-4-18(19)28(22(30)21(26)29)14-5-7-27(8-6-14)20-16(23)9-13(12-25)10-17(20)24/h3-4,9-11,14H,5-8H2,1-2H3. The van der Waals surface area contributed by atoms with Crippen molar-refractivity contribution in [3.8, 4) is 11.8 Å². The molecule has 1 aromatic heterocycles. The lowest BCUT2D eigenvalue weighted by Gasteiger charge is -2.35. The van der Waals surface area contributed by atoms with Crippen molar-refractivity contribution in [2.75, 3.05) is 25.1 Å². The molecule has 1 saturated heterocycles. The molecule has 0 radical (unpaired) electrons. The van der Waals surface area contributed by atoms with Crippen LogP contribution in [0.1, 0.15) is 24.4 Å². The average molecular weight is 426 g/mol. The van der Waals surface area contributed by atoms with E-state index in [-0.39, 0.29) is 17.3 Å². The molecule has 7 nitrogen and oxygen atoms in total. The first-order valence-electron chi connectivity index (χ1n) is 9.79. The van der Waals surface area contributed by atoms with Crippen LogP contribution in [0, 0.1) is 23.0 Å². The van der Waals surface area contributed by atoms with E-state index in [1.54, 1.807) is 29.2 Å². The molecule has 0 bridgehead atoms. The highest BCUT2D eigenvalue weighted by molar-refractivity contribution is 5.77. The van der Waals surface area contributed by atoms with Gasteiger partial charge in [0.25, 0.3) is 0 Å². The van der Waals surface area contributed by atoms with Crippen molar-refractivity contribution in [1.82, 2.24) is 9.13 Å². The van der Waals surface area contributed by atoms with Gasteiger partial charge in [-0.3, -0.25) is 14.2 Å². The zero-order valence-electron chi connectivity index (χ0n) is 17.1. The number of rotatable bonds is 3. The third-order valence-corrected chi connectivity index (χ3v) is 5.80. The summed E-state index contributed by atoms with van der Waals surface area (Å²) in [7, 11) is 3.06. The maximum atomic E-state index is 14.4. The number of hydrogen-bond acceptors (Lipinski definition) is 5. The number of benzene rings is 2. The molecular formula is C22H20F2N4O3. The van der Waals surface area contributed by atoms with Gasteiger partial charge >= 0.3 is 11.1 Å². The molecule has 2 aromatic carbocycles. The van der Waals surface area contributed by atoms with E-state index in [0.717, 1.165) is 12.1 Å². The zero-order valence-corrected chi connectivity index (χ0v) is 17.1. The number of nitrogens with zero attached hydrogens (tertiary/aromatic N) is 4. The molecule has 1 aliphatic rings. The van der Waals surface area contributed by atoms with Gasteiger partial charge in [-0.2, -0.15) is 5.26 Å². The zero-order chi connectivity index (χ0) is 22.3. The molecule has 0 N–H and O–H groups in total. The summed E-state index contributed by atoms with van der Waals surface area (Å²) in [6.07, 6.45) is 0.847. The van der Waals surface area contributed by atoms with E-state index in [1.807, 2.05) is 0 Å². The van der Waals surface area contributed by atoms with Crippen LogP contribution in [0.25, 0.3) is 11.0 Å². The molecule has 1 aliphatic heterocycles. The first kappa shape index (κ1) is 20.6. The lowest BCUT2D eigenvalue weighted by Crippen LogP contribution is -2.45. The summed E-state index contributed by atoms with van der Waals surface area (Å²) >= 11 is 0. The molecule has 0 atom stereocenters. The van der Waals surface area contributed by atoms with E-state index in [4.69, 9.17) is 10.00 Å². The molecule has 3 aromatic rings. The third kappa shape index (κ3) is 3.44. The highest BCUT2D eigenvalue weighted by Crippen LogP contribution is 2.32. The monoisotopic (exact) mass is 426 g/mol. The molecule has 31 heavy (non-hydrogen) atoms. The summed E-state index contributed by atoms with van der Waals surface area (Å²) in [5, 5.41) is 8.87. The van der Waals surface area contributed by atoms with Crippen LogP contribution in [-0.2, 0) is 7.05 Å². The topological polar surface area (TPSA) is 80.3 Å². The Balaban J connectivity index is 1.70. The fourth-order valence-electron chi connectivity index (χ4n) is 4.21. The van der Waals surface area contributed by atoms with Crippen LogP contribution in [0.3, 0.4) is 0 Å². The van der Waals surface area contributed by atoms with Crippen LogP contribution < -0.4 is 20.8 Å². The van der Waals surface area contributed by atoms with Gasteiger partial charge in [-0.25, -0.2) is 8.78 Å². The summed E-state index contributed by atoms with van der Waals surface area (Å²) in [6.45, 7) is 0.591. The van der Waals surface area contributed by atoms with Crippen molar-refractivity contribution in [1.29, 1.82) is 5.26 Å². The van der Waals surface area contributed by atoms with Crippen molar-refractivity contribution >= 4 is 16.7 Å². The number of fused-ring (bicyclic) bond motifs is 1. The van der Waals surface area contributed by atoms with Crippen LogP contribution in [0.15, 0.2) is 39.9 Å². The average Bonchev–Trinajstić information content (AvgIpc) is 2.78. The molecule has 9 heteroatoms. The molecule has 0 saturated carbocycles. The van der Waals surface area contributed by atoms with Gasteiger partial charge in [-0.15, -0.1) is 0 Å². The molecule has 160 valence electrons. The van der Waals surface area contributed by atoms with Crippen molar-refractivity contribution in [3.63, 3.8) is 0 Å². The lowest BCUT2D eigenvalue weighted by molar-refractivity contribution is 0.388. The number of hydrogen-bond donors (Lipinski definition) is 0. The van der Waals surface area contributed by atoms with E-state index in [2.05, 4.69) is 0 Å². The Bertz CT molecular complexity index is 1310. The summed E-state index contributed by atoms with van der Waals surface area (Å²) in [5.74, 6) is -1.02. The van der Waals surface area contributed by atoms with E-state index in [0.29, 0.717) is 42.7 Å². The van der Waals surface area contributed by atoms with E-state index >= 15 is 0 Å². The second kappa shape index (κ2) is 7.87. The van der Waals surface area contributed by atoms with Gasteiger partial charge in [0, 0.05) is 32.2 Å². The maximum Gasteiger partial charge on any atom is 0.317 e. The Hall–Kier alpha value is -3.67. The number of ether oxygens (including phenoxy) is 1. The van der Waals surface area contributed by atoms with Crippen LogP contribution >= 0.6 is 0 Å². The van der Waals surface area contributed by atoms with Gasteiger partial charge in [-0.05, 0) is 37.1 Å². The molecular weight excluding hydrogens is 406 g/mol. The molecule has 2 heterocycles. The minimum absolute atomic E-state index is 0.0813. The van der Waals surface area contributed by atoms with Crippen molar-refractivity contribution in [3.05, 3.63) is 68.2 Å². The van der Waals surface area contributed by atoms with Crippen LogP contribution in [-0.4, -0.2) is 29.3 Å². The number of aromatic nitrogens is 2. The first-order valence-corrected chi connectivity index (χ1v) is 9.79. The van der Waals surface area contributed by atoms with E-state index in [1.165, 1.54) is 23.3 Å².